The van der Waals surface area contributed by atoms with E-state index in [1.807, 2.05) is 0 Å². The third-order valence-corrected chi connectivity index (χ3v) is 7.51. The lowest BCUT2D eigenvalue weighted by atomic mass is 10.0. The topological polar surface area (TPSA) is 96.0 Å². The maximum absolute atomic E-state index is 13.2. The summed E-state index contributed by atoms with van der Waals surface area (Å²) in [5.41, 5.74) is 7.52. The maximum Gasteiger partial charge on any atom is 0.416 e. The van der Waals surface area contributed by atoms with Crippen molar-refractivity contribution in [3.63, 3.8) is 0 Å². The van der Waals surface area contributed by atoms with E-state index >= 15 is 0 Å². The maximum atomic E-state index is 13.2. The number of nitrogens with zero attached hydrogens (tertiary/aromatic N) is 2. The van der Waals surface area contributed by atoms with Gasteiger partial charge in [-0.05, 0) is 65.6 Å². The summed E-state index contributed by atoms with van der Waals surface area (Å²) >= 11 is 6.12. The summed E-state index contributed by atoms with van der Waals surface area (Å²) < 4.78 is 66.2. The normalized spacial score (nSPS) is 14.4. The van der Waals surface area contributed by atoms with Crippen molar-refractivity contribution >= 4 is 33.1 Å². The molecule has 0 bridgehead atoms. The molecule has 0 atom stereocenters. The number of alkyl halides is 3. The molecule has 0 spiro atoms. The molecule has 0 unspecified atom stereocenters. The Morgan fingerprint density at radius 1 is 1.03 bits per heavy atom. The smallest absolute Gasteiger partial charge is 0.409 e. The fourth-order valence-electron chi connectivity index (χ4n) is 3.70. The SMILES string of the molecule is NC(=NO)c1ccc(S(=O)(=O)N2CCc3cc(-c4ccc(C(F)(F)F)cc4)ccc32)cc1Cl. The molecule has 0 saturated heterocycles. The van der Waals surface area contributed by atoms with Crippen LogP contribution in [0.4, 0.5) is 18.9 Å². The summed E-state index contributed by atoms with van der Waals surface area (Å²) in [5.74, 6) is -0.244. The van der Waals surface area contributed by atoms with E-state index in [4.69, 9.17) is 22.5 Å². The number of sulfonamides is 1. The zero-order valence-electron chi connectivity index (χ0n) is 16.8. The molecule has 1 aliphatic rings. The van der Waals surface area contributed by atoms with Gasteiger partial charge in [0.15, 0.2) is 5.84 Å². The van der Waals surface area contributed by atoms with Crippen molar-refractivity contribution in [1.82, 2.24) is 0 Å². The second-order valence-corrected chi connectivity index (χ2v) is 9.64. The molecule has 3 aromatic rings. The fourth-order valence-corrected chi connectivity index (χ4v) is 5.57. The third kappa shape index (κ3) is 4.23. The van der Waals surface area contributed by atoms with Gasteiger partial charge in [-0.2, -0.15) is 13.2 Å². The summed E-state index contributed by atoms with van der Waals surface area (Å²) in [7, 11) is -3.94. The van der Waals surface area contributed by atoms with Gasteiger partial charge in [0.2, 0.25) is 0 Å². The van der Waals surface area contributed by atoms with Crippen molar-refractivity contribution < 1.29 is 26.8 Å². The summed E-state index contributed by atoms with van der Waals surface area (Å²) in [5, 5.41) is 11.7. The molecule has 0 saturated carbocycles. The number of benzene rings is 3. The van der Waals surface area contributed by atoms with Gasteiger partial charge in [0, 0.05) is 12.1 Å². The molecule has 1 aliphatic heterocycles. The molecule has 3 N–H and O–H groups in total. The van der Waals surface area contributed by atoms with Gasteiger partial charge < -0.3 is 10.9 Å². The van der Waals surface area contributed by atoms with Crippen molar-refractivity contribution in [2.75, 3.05) is 10.8 Å². The molecule has 0 aromatic heterocycles. The first-order chi connectivity index (χ1) is 15.5. The fraction of sp³-hybridized carbons (Fsp3) is 0.136. The van der Waals surface area contributed by atoms with Gasteiger partial charge in [0.25, 0.3) is 10.0 Å². The highest BCUT2D eigenvalue weighted by Gasteiger charge is 2.32. The Kier molecular flexibility index (Phi) is 5.75. The number of fused-ring (bicyclic) bond motifs is 1. The van der Waals surface area contributed by atoms with Crippen molar-refractivity contribution in [3.05, 3.63) is 82.4 Å². The van der Waals surface area contributed by atoms with Crippen LogP contribution in [0.1, 0.15) is 16.7 Å². The van der Waals surface area contributed by atoms with Crippen molar-refractivity contribution in [2.45, 2.75) is 17.5 Å². The van der Waals surface area contributed by atoms with Crippen molar-refractivity contribution in [3.8, 4) is 11.1 Å². The second kappa shape index (κ2) is 8.27. The molecule has 4 rings (SSSR count). The van der Waals surface area contributed by atoms with Crippen molar-refractivity contribution in [2.24, 2.45) is 10.9 Å². The molecule has 33 heavy (non-hydrogen) atoms. The van der Waals surface area contributed by atoms with E-state index < -0.39 is 21.8 Å². The molecule has 3 aromatic carbocycles. The molecule has 1 heterocycles. The minimum absolute atomic E-state index is 0.0171. The summed E-state index contributed by atoms with van der Waals surface area (Å²) in [6.45, 7) is 0.202. The molecule has 0 fully saturated rings. The lowest BCUT2D eigenvalue weighted by molar-refractivity contribution is -0.137. The highest BCUT2D eigenvalue weighted by molar-refractivity contribution is 7.92. The molecule has 11 heteroatoms. The summed E-state index contributed by atoms with van der Waals surface area (Å²) in [6, 6.07) is 13.8. The van der Waals surface area contributed by atoms with Crippen LogP contribution in [0.2, 0.25) is 5.02 Å². The zero-order valence-corrected chi connectivity index (χ0v) is 18.4. The van der Waals surface area contributed by atoms with E-state index in [9.17, 15) is 21.6 Å². The minimum Gasteiger partial charge on any atom is -0.409 e. The molecular weight excluding hydrogens is 479 g/mol. The monoisotopic (exact) mass is 495 g/mol. The predicted molar refractivity (Wildman–Crippen MR) is 119 cm³/mol. The Morgan fingerprint density at radius 3 is 2.30 bits per heavy atom. The number of oxime groups is 1. The average molecular weight is 496 g/mol. The number of halogens is 4. The Bertz CT molecular complexity index is 1360. The van der Waals surface area contributed by atoms with Crippen LogP contribution in [-0.2, 0) is 22.6 Å². The van der Waals surface area contributed by atoms with Gasteiger partial charge in [-0.15, -0.1) is 0 Å². The second-order valence-electron chi connectivity index (χ2n) is 7.37. The van der Waals surface area contributed by atoms with Crippen LogP contribution in [0.25, 0.3) is 11.1 Å². The number of hydrogen-bond donors (Lipinski definition) is 2. The van der Waals surface area contributed by atoms with E-state index in [-0.39, 0.29) is 27.9 Å². The van der Waals surface area contributed by atoms with E-state index in [1.54, 1.807) is 18.2 Å². The van der Waals surface area contributed by atoms with Gasteiger partial charge >= 0.3 is 6.18 Å². The number of nitrogens with two attached hydrogens (primary N) is 1. The Morgan fingerprint density at radius 2 is 1.70 bits per heavy atom. The highest BCUT2D eigenvalue weighted by atomic mass is 35.5. The largest absolute Gasteiger partial charge is 0.416 e. The van der Waals surface area contributed by atoms with Gasteiger partial charge in [0.1, 0.15) is 0 Å². The number of amidine groups is 1. The van der Waals surface area contributed by atoms with Crippen LogP contribution in [0.15, 0.2) is 70.7 Å². The first kappa shape index (κ1) is 22.9. The lowest BCUT2D eigenvalue weighted by Gasteiger charge is -2.20. The van der Waals surface area contributed by atoms with Crippen LogP contribution < -0.4 is 10.0 Å². The Balaban J connectivity index is 1.64. The lowest BCUT2D eigenvalue weighted by Crippen LogP contribution is -2.29. The van der Waals surface area contributed by atoms with Crippen LogP contribution in [0, 0.1) is 0 Å². The minimum atomic E-state index is -4.41. The number of anilines is 1. The summed E-state index contributed by atoms with van der Waals surface area (Å²) in [6.07, 6.45) is -3.97. The number of rotatable bonds is 4. The number of hydrogen-bond acceptors (Lipinski definition) is 4. The molecular formula is C22H17ClF3N3O3S. The van der Waals surface area contributed by atoms with Gasteiger partial charge in [-0.1, -0.05) is 35.0 Å². The quantitative estimate of drug-likeness (QED) is 0.233. The predicted octanol–water partition coefficient (Wildman–Crippen LogP) is 4.87. The van der Waals surface area contributed by atoms with E-state index in [0.29, 0.717) is 23.2 Å². The van der Waals surface area contributed by atoms with Crippen LogP contribution in [0.3, 0.4) is 0 Å². The van der Waals surface area contributed by atoms with Crippen molar-refractivity contribution in [1.29, 1.82) is 0 Å². The van der Waals surface area contributed by atoms with Crippen LogP contribution in [0.5, 0.6) is 0 Å². The molecule has 0 amide bonds. The van der Waals surface area contributed by atoms with Crippen LogP contribution >= 0.6 is 11.6 Å². The van der Waals surface area contributed by atoms with Gasteiger partial charge in [-0.3, -0.25) is 4.31 Å². The Labute approximate surface area is 192 Å². The van der Waals surface area contributed by atoms with E-state index in [0.717, 1.165) is 17.7 Å². The molecule has 172 valence electrons. The molecule has 0 radical (unpaired) electrons. The van der Waals surface area contributed by atoms with E-state index in [1.165, 1.54) is 34.6 Å². The molecule has 0 aliphatic carbocycles. The first-order valence-electron chi connectivity index (χ1n) is 9.63. The first-order valence-corrected chi connectivity index (χ1v) is 11.4. The zero-order chi connectivity index (χ0) is 24.0. The van der Waals surface area contributed by atoms with E-state index in [2.05, 4.69) is 5.16 Å². The van der Waals surface area contributed by atoms with Gasteiger partial charge in [-0.25, -0.2) is 8.42 Å². The van der Waals surface area contributed by atoms with Gasteiger partial charge in [0.05, 0.1) is 21.2 Å². The highest BCUT2D eigenvalue weighted by Crippen LogP contribution is 2.37. The third-order valence-electron chi connectivity index (χ3n) is 5.39. The average Bonchev–Trinajstić information content (AvgIpc) is 3.22. The summed E-state index contributed by atoms with van der Waals surface area (Å²) in [4.78, 5) is -0.0540. The van der Waals surface area contributed by atoms with Crippen LogP contribution in [-0.4, -0.2) is 26.0 Å². The Hall–Kier alpha value is -3.24. The molecule has 6 nitrogen and oxygen atoms in total. The standard InChI is InChI=1S/C22H17ClF3N3O3S/c23-19-12-17(6-7-18(19)21(27)28-30)33(31,32)29-10-9-15-11-14(3-8-20(15)29)13-1-4-16(5-2-13)22(24,25)26/h1-8,11-12,30H,9-10H2,(H2,27,28).